The van der Waals surface area contributed by atoms with Gasteiger partial charge in [-0.15, -0.1) is 0 Å². The number of anilines is 2. The largest absolute Gasteiger partial charge is 0.442 e. The van der Waals surface area contributed by atoms with Gasteiger partial charge >= 0.3 is 6.09 Å². The molecule has 1 N–H and O–H groups in total. The topological polar surface area (TPSA) is 77.5 Å². The fourth-order valence-corrected chi connectivity index (χ4v) is 3.00. The monoisotopic (exact) mass is 393 g/mol. The third-order valence-corrected chi connectivity index (χ3v) is 4.46. The Hall–Kier alpha value is -2.75. The highest BCUT2D eigenvalue weighted by atomic mass is 32.1. The summed E-state index contributed by atoms with van der Waals surface area (Å²) in [5.74, 6) is -0.671. The molecule has 2 aliphatic rings. The lowest BCUT2D eigenvalue weighted by Crippen LogP contribution is -2.39. The number of benzene rings is 1. The van der Waals surface area contributed by atoms with E-state index < -0.39 is 18.0 Å². The standard InChI is InChI=1S/C17H20FN5O3S/c1-11(24)19-8-14-9-22(17(25)26-14)13-3-4-16(15(18)7-13)21-5-6-23(12(2)27)20-10-21/h3-4,7,10,14H,5-6,8-9H2,1-2H3,(H,19,24). The van der Waals surface area contributed by atoms with Crippen LogP contribution in [-0.2, 0) is 9.53 Å². The summed E-state index contributed by atoms with van der Waals surface area (Å²) in [6.07, 6.45) is 0.497. The minimum atomic E-state index is -0.566. The smallest absolute Gasteiger partial charge is 0.414 e. The number of amides is 2. The highest BCUT2D eigenvalue weighted by Crippen LogP contribution is 2.28. The van der Waals surface area contributed by atoms with Crippen molar-refractivity contribution in [3.8, 4) is 0 Å². The summed E-state index contributed by atoms with van der Waals surface area (Å²) in [6.45, 7) is 4.74. The Bertz CT molecular complexity index is 803. The van der Waals surface area contributed by atoms with E-state index in [2.05, 4.69) is 10.4 Å². The van der Waals surface area contributed by atoms with Gasteiger partial charge < -0.3 is 15.0 Å². The lowest BCUT2D eigenvalue weighted by atomic mass is 10.2. The minimum Gasteiger partial charge on any atom is -0.442 e. The summed E-state index contributed by atoms with van der Waals surface area (Å²) < 4.78 is 19.8. The molecule has 1 fully saturated rings. The van der Waals surface area contributed by atoms with Crippen LogP contribution < -0.4 is 15.1 Å². The number of carbonyl (C=O) groups is 2. The van der Waals surface area contributed by atoms with Gasteiger partial charge in [-0.3, -0.25) is 14.7 Å². The van der Waals surface area contributed by atoms with Gasteiger partial charge in [-0.1, -0.05) is 12.2 Å². The van der Waals surface area contributed by atoms with Gasteiger partial charge in [0.2, 0.25) is 5.91 Å². The van der Waals surface area contributed by atoms with Crippen LogP contribution in [-0.4, -0.2) is 60.6 Å². The number of hydrogen-bond donors (Lipinski definition) is 1. The van der Waals surface area contributed by atoms with Crippen molar-refractivity contribution in [1.29, 1.82) is 0 Å². The predicted octanol–water partition coefficient (Wildman–Crippen LogP) is 1.70. The normalized spacial score (nSPS) is 19.3. The number of hydrogen-bond acceptors (Lipinski definition) is 6. The number of thiocarbonyl (C=S) groups is 1. The Morgan fingerprint density at radius 1 is 1.41 bits per heavy atom. The molecule has 1 unspecified atom stereocenters. The maximum Gasteiger partial charge on any atom is 0.414 e. The average Bonchev–Trinajstić information content (AvgIpc) is 3.01. The maximum absolute atomic E-state index is 14.6. The van der Waals surface area contributed by atoms with Crippen LogP contribution in [0.1, 0.15) is 13.8 Å². The van der Waals surface area contributed by atoms with Crippen molar-refractivity contribution in [2.45, 2.75) is 20.0 Å². The zero-order valence-corrected chi connectivity index (χ0v) is 15.8. The number of carbonyl (C=O) groups excluding carboxylic acids is 2. The SMILES string of the molecule is CC(=O)NCC1CN(c2ccc(N3C=NN(C(C)=S)CC3)c(F)c2)C(=O)O1. The van der Waals surface area contributed by atoms with Crippen molar-refractivity contribution in [2.75, 3.05) is 36.0 Å². The summed E-state index contributed by atoms with van der Waals surface area (Å²) in [5, 5.41) is 8.47. The number of cyclic esters (lactones) is 1. The van der Waals surface area contributed by atoms with Crippen LogP contribution in [0.2, 0.25) is 0 Å². The molecular formula is C17H20FN5O3S. The van der Waals surface area contributed by atoms with Crippen molar-refractivity contribution in [3.63, 3.8) is 0 Å². The van der Waals surface area contributed by atoms with Gasteiger partial charge in [0.25, 0.3) is 0 Å². The first-order valence-electron chi connectivity index (χ1n) is 8.46. The fraction of sp³-hybridized carbons (Fsp3) is 0.412. The zero-order chi connectivity index (χ0) is 19.6. The Morgan fingerprint density at radius 3 is 2.78 bits per heavy atom. The van der Waals surface area contributed by atoms with E-state index in [1.54, 1.807) is 29.0 Å². The molecule has 1 saturated heterocycles. The van der Waals surface area contributed by atoms with Crippen LogP contribution in [0.15, 0.2) is 23.3 Å². The number of ether oxygens (including phenoxy) is 1. The van der Waals surface area contributed by atoms with Crippen molar-refractivity contribution >= 4 is 46.9 Å². The van der Waals surface area contributed by atoms with Crippen molar-refractivity contribution in [2.24, 2.45) is 5.10 Å². The first-order valence-corrected chi connectivity index (χ1v) is 8.87. The summed E-state index contributed by atoms with van der Waals surface area (Å²) in [5.41, 5.74) is 0.767. The van der Waals surface area contributed by atoms with Gasteiger partial charge in [-0.2, -0.15) is 5.10 Å². The highest BCUT2D eigenvalue weighted by Gasteiger charge is 2.33. The Kier molecular flexibility index (Phi) is 5.54. The van der Waals surface area contributed by atoms with E-state index in [4.69, 9.17) is 17.0 Å². The van der Waals surface area contributed by atoms with Gasteiger partial charge in [0.15, 0.2) is 0 Å². The van der Waals surface area contributed by atoms with E-state index in [1.165, 1.54) is 24.2 Å². The number of hydrazone groups is 1. The highest BCUT2D eigenvalue weighted by molar-refractivity contribution is 7.80. The van der Waals surface area contributed by atoms with Crippen LogP contribution in [0.4, 0.5) is 20.6 Å². The Labute approximate surface area is 161 Å². The molecule has 8 nitrogen and oxygen atoms in total. The molecule has 2 heterocycles. The fourth-order valence-electron chi connectivity index (χ4n) is 2.86. The van der Waals surface area contributed by atoms with Crippen LogP contribution in [0.5, 0.6) is 0 Å². The molecule has 0 aliphatic carbocycles. The van der Waals surface area contributed by atoms with Gasteiger partial charge in [-0.25, -0.2) is 9.18 Å². The molecule has 2 amide bonds. The molecule has 0 aromatic heterocycles. The molecular weight excluding hydrogens is 373 g/mol. The van der Waals surface area contributed by atoms with E-state index in [0.29, 0.717) is 29.5 Å². The molecule has 1 aromatic carbocycles. The molecule has 0 saturated carbocycles. The summed E-state index contributed by atoms with van der Waals surface area (Å²) in [4.78, 5) is 26.7. The van der Waals surface area contributed by atoms with Crippen molar-refractivity contribution in [3.05, 3.63) is 24.0 Å². The lowest BCUT2D eigenvalue weighted by molar-refractivity contribution is -0.119. The van der Waals surface area contributed by atoms with Gasteiger partial charge in [-0.05, 0) is 25.1 Å². The molecule has 1 aromatic rings. The van der Waals surface area contributed by atoms with Gasteiger partial charge in [0.05, 0.1) is 36.0 Å². The first kappa shape index (κ1) is 19.0. The average molecular weight is 393 g/mol. The maximum atomic E-state index is 14.6. The number of halogens is 1. The Morgan fingerprint density at radius 2 is 2.19 bits per heavy atom. The predicted molar refractivity (Wildman–Crippen MR) is 104 cm³/mol. The van der Waals surface area contributed by atoms with E-state index in [-0.39, 0.29) is 19.0 Å². The summed E-state index contributed by atoms with van der Waals surface area (Å²) >= 11 is 5.08. The van der Waals surface area contributed by atoms with Gasteiger partial charge in [0.1, 0.15) is 18.3 Å². The van der Waals surface area contributed by atoms with Crippen molar-refractivity contribution < 1.29 is 18.7 Å². The van der Waals surface area contributed by atoms with Crippen LogP contribution in [0, 0.1) is 5.82 Å². The molecule has 144 valence electrons. The van der Waals surface area contributed by atoms with Crippen LogP contribution in [0.25, 0.3) is 0 Å². The van der Waals surface area contributed by atoms with E-state index in [1.807, 2.05) is 0 Å². The number of rotatable bonds is 4. The molecule has 0 bridgehead atoms. The molecule has 1 atom stereocenters. The third kappa shape index (κ3) is 4.33. The Balaban J connectivity index is 1.70. The van der Waals surface area contributed by atoms with Crippen LogP contribution >= 0.6 is 12.2 Å². The number of nitrogens with one attached hydrogen (secondary N) is 1. The molecule has 0 radical (unpaired) electrons. The molecule has 3 rings (SSSR count). The number of nitrogens with zero attached hydrogens (tertiary/aromatic N) is 4. The van der Waals surface area contributed by atoms with E-state index >= 15 is 0 Å². The summed E-state index contributed by atoms with van der Waals surface area (Å²) in [7, 11) is 0. The zero-order valence-electron chi connectivity index (χ0n) is 15.0. The quantitative estimate of drug-likeness (QED) is 0.785. The minimum absolute atomic E-state index is 0.203. The summed E-state index contributed by atoms with van der Waals surface area (Å²) in [6, 6.07) is 4.55. The lowest BCUT2D eigenvalue weighted by Gasteiger charge is -2.29. The van der Waals surface area contributed by atoms with Gasteiger partial charge in [0, 0.05) is 13.5 Å². The van der Waals surface area contributed by atoms with E-state index in [9.17, 15) is 14.0 Å². The molecule has 0 spiro atoms. The van der Waals surface area contributed by atoms with E-state index in [0.717, 1.165) is 0 Å². The van der Waals surface area contributed by atoms with Crippen molar-refractivity contribution in [1.82, 2.24) is 10.3 Å². The molecule has 10 heteroatoms. The first-order chi connectivity index (χ1) is 12.8. The second-order valence-electron chi connectivity index (χ2n) is 6.26. The second-order valence-corrected chi connectivity index (χ2v) is 6.85. The molecule has 2 aliphatic heterocycles. The second kappa shape index (κ2) is 7.87. The molecule has 27 heavy (non-hydrogen) atoms. The van der Waals surface area contributed by atoms with Crippen LogP contribution in [0.3, 0.4) is 0 Å². The third-order valence-electron chi connectivity index (χ3n) is 4.25.